The topological polar surface area (TPSA) is 119 Å². The van der Waals surface area contributed by atoms with Crippen molar-refractivity contribution in [3.8, 4) is 0 Å². The maximum Gasteiger partial charge on any atom is 2.00 e. The Morgan fingerprint density at radius 3 is 2.13 bits per heavy atom. The van der Waals surface area contributed by atoms with E-state index in [4.69, 9.17) is 5.11 Å². The first kappa shape index (κ1) is 17.5. The monoisotopic (exact) mass is 246 g/mol. The van der Waals surface area contributed by atoms with Crippen molar-refractivity contribution < 1.29 is 34.4 Å². The van der Waals surface area contributed by atoms with E-state index in [2.05, 4.69) is 9.47 Å². The summed E-state index contributed by atoms with van der Waals surface area (Å²) in [5, 5.41) is 29.0. The molecule has 0 aromatic carbocycles. The number of carbonyl (C=O) groups excluding carboxylic acids is 2. The molecule has 0 rings (SSSR count). The fraction of sp³-hybridized carbons (Fsp3) is 0.714. The normalized spacial score (nSPS) is 13.7. The van der Waals surface area contributed by atoms with Gasteiger partial charge in [0.25, 0.3) is 0 Å². The van der Waals surface area contributed by atoms with Gasteiger partial charge >= 0.3 is 37.7 Å². The molecule has 8 heteroatoms. The zero-order chi connectivity index (χ0) is 11.1. The molecule has 0 aliphatic heterocycles. The molecule has 7 nitrogen and oxygen atoms in total. The van der Waals surface area contributed by atoms with Gasteiger partial charge in [-0.15, -0.1) is 0 Å². The SMILES string of the molecule is CCOC(OC(CO)C(=O)[O-])C(=O)[O-].[Ca+2]. The summed E-state index contributed by atoms with van der Waals surface area (Å²) in [5.74, 6) is -3.44. The van der Waals surface area contributed by atoms with Gasteiger partial charge in [-0.05, 0) is 6.92 Å². The van der Waals surface area contributed by atoms with E-state index in [-0.39, 0.29) is 44.3 Å². The van der Waals surface area contributed by atoms with E-state index in [1.54, 1.807) is 0 Å². The predicted molar refractivity (Wildman–Crippen MR) is 43.1 cm³/mol. The minimum Gasteiger partial charge on any atom is -0.547 e. The maximum atomic E-state index is 10.3. The summed E-state index contributed by atoms with van der Waals surface area (Å²) in [6, 6.07) is 0. The number of carboxylic acid groups (broad SMARTS) is 2. The van der Waals surface area contributed by atoms with Gasteiger partial charge in [0.05, 0.1) is 18.5 Å². The van der Waals surface area contributed by atoms with Crippen molar-refractivity contribution in [3.63, 3.8) is 0 Å². The van der Waals surface area contributed by atoms with Crippen molar-refractivity contribution in [1.29, 1.82) is 0 Å². The van der Waals surface area contributed by atoms with Crippen molar-refractivity contribution in [2.24, 2.45) is 0 Å². The first-order chi connectivity index (χ1) is 6.52. The number of carbonyl (C=O) groups is 2. The van der Waals surface area contributed by atoms with Crippen LogP contribution in [0, 0.1) is 0 Å². The number of rotatable bonds is 7. The molecule has 0 aromatic heterocycles. The predicted octanol–water partition coefficient (Wildman–Crippen LogP) is -4.15. The van der Waals surface area contributed by atoms with Gasteiger partial charge < -0.3 is 34.4 Å². The van der Waals surface area contributed by atoms with Gasteiger partial charge in [0, 0.05) is 6.61 Å². The van der Waals surface area contributed by atoms with Crippen LogP contribution in [0.25, 0.3) is 0 Å². The third-order valence-electron chi connectivity index (χ3n) is 1.23. The molecule has 15 heavy (non-hydrogen) atoms. The Labute approximate surface area is 116 Å². The Morgan fingerprint density at radius 1 is 1.33 bits per heavy atom. The van der Waals surface area contributed by atoms with E-state index >= 15 is 0 Å². The molecule has 0 bridgehead atoms. The smallest absolute Gasteiger partial charge is 0.547 e. The van der Waals surface area contributed by atoms with E-state index in [0.717, 1.165) is 0 Å². The van der Waals surface area contributed by atoms with Crippen LogP contribution in [-0.2, 0) is 19.1 Å². The van der Waals surface area contributed by atoms with Crippen molar-refractivity contribution in [3.05, 3.63) is 0 Å². The number of aliphatic hydroxyl groups excluding tert-OH is 1. The van der Waals surface area contributed by atoms with Gasteiger partial charge in [0.1, 0.15) is 6.10 Å². The van der Waals surface area contributed by atoms with Crippen molar-refractivity contribution in [1.82, 2.24) is 0 Å². The van der Waals surface area contributed by atoms with Gasteiger partial charge in [-0.3, -0.25) is 0 Å². The largest absolute Gasteiger partial charge is 2.00 e. The third kappa shape index (κ3) is 7.04. The Morgan fingerprint density at radius 2 is 1.87 bits per heavy atom. The third-order valence-corrected chi connectivity index (χ3v) is 1.23. The molecule has 0 saturated heterocycles. The maximum absolute atomic E-state index is 10.3. The molecule has 82 valence electrons. The quantitative estimate of drug-likeness (QED) is 0.357. The van der Waals surface area contributed by atoms with Gasteiger partial charge in [-0.25, -0.2) is 0 Å². The van der Waals surface area contributed by atoms with Crippen LogP contribution in [0.3, 0.4) is 0 Å². The number of hydrogen-bond donors (Lipinski definition) is 1. The number of aliphatic carboxylic acids is 2. The summed E-state index contributed by atoms with van der Waals surface area (Å²) in [5.41, 5.74) is 0. The van der Waals surface area contributed by atoms with Crippen LogP contribution in [0.5, 0.6) is 0 Å². The molecular formula is C7H10CaO7. The molecular weight excluding hydrogens is 236 g/mol. The second kappa shape index (κ2) is 9.32. The van der Waals surface area contributed by atoms with Gasteiger partial charge in [-0.1, -0.05) is 0 Å². The average molecular weight is 246 g/mol. The second-order valence-electron chi connectivity index (χ2n) is 2.23. The Hall–Kier alpha value is 0.0797. The Bertz CT molecular complexity index is 208. The Balaban J connectivity index is 0. The molecule has 2 unspecified atom stereocenters. The molecule has 0 heterocycles. The summed E-state index contributed by atoms with van der Waals surface area (Å²) < 4.78 is 8.87. The zero-order valence-corrected chi connectivity index (χ0v) is 10.4. The number of ether oxygens (including phenoxy) is 2. The molecule has 0 amide bonds. The zero-order valence-electron chi connectivity index (χ0n) is 8.17. The van der Waals surface area contributed by atoms with Crippen LogP contribution in [0.1, 0.15) is 6.92 Å². The van der Waals surface area contributed by atoms with Gasteiger partial charge in [0.15, 0.2) is 6.29 Å². The summed E-state index contributed by atoms with van der Waals surface area (Å²) in [6.07, 6.45) is -3.57. The number of hydrogen-bond acceptors (Lipinski definition) is 7. The van der Waals surface area contributed by atoms with Crippen LogP contribution in [0.2, 0.25) is 0 Å². The van der Waals surface area contributed by atoms with E-state index in [1.165, 1.54) is 6.92 Å². The second-order valence-corrected chi connectivity index (χ2v) is 2.23. The molecule has 0 radical (unpaired) electrons. The number of aliphatic hydroxyl groups is 1. The molecule has 0 aliphatic rings. The molecule has 0 spiro atoms. The fourth-order valence-corrected chi connectivity index (χ4v) is 0.637. The van der Waals surface area contributed by atoms with Crippen LogP contribution in [0.15, 0.2) is 0 Å². The van der Waals surface area contributed by atoms with E-state index in [1.807, 2.05) is 0 Å². The van der Waals surface area contributed by atoms with Crippen molar-refractivity contribution in [2.75, 3.05) is 13.2 Å². The van der Waals surface area contributed by atoms with Crippen molar-refractivity contribution >= 4 is 49.7 Å². The minimum atomic E-state index is -1.82. The molecule has 1 N–H and O–H groups in total. The van der Waals surface area contributed by atoms with Gasteiger partial charge in [0.2, 0.25) is 0 Å². The summed E-state index contributed by atoms with van der Waals surface area (Å²) >= 11 is 0. The summed E-state index contributed by atoms with van der Waals surface area (Å²) in [4.78, 5) is 20.5. The van der Waals surface area contributed by atoms with E-state index in [9.17, 15) is 19.8 Å². The summed E-state index contributed by atoms with van der Waals surface area (Å²) in [7, 11) is 0. The first-order valence-electron chi connectivity index (χ1n) is 3.82. The first-order valence-corrected chi connectivity index (χ1v) is 3.82. The molecule has 0 saturated carbocycles. The molecule has 0 aromatic rings. The van der Waals surface area contributed by atoms with Crippen LogP contribution >= 0.6 is 0 Å². The molecule has 0 fully saturated rings. The van der Waals surface area contributed by atoms with Crippen molar-refractivity contribution in [2.45, 2.75) is 19.3 Å². The Kier molecular flexibility index (Phi) is 10.9. The fourth-order valence-electron chi connectivity index (χ4n) is 0.637. The van der Waals surface area contributed by atoms with Crippen LogP contribution in [-0.4, -0.2) is 80.4 Å². The minimum absolute atomic E-state index is 0. The molecule has 2 atom stereocenters. The molecule has 0 aliphatic carbocycles. The van der Waals surface area contributed by atoms with Gasteiger partial charge in [-0.2, -0.15) is 0 Å². The van der Waals surface area contributed by atoms with E-state index in [0.29, 0.717) is 0 Å². The summed E-state index contributed by atoms with van der Waals surface area (Å²) in [6.45, 7) is 0.593. The average Bonchev–Trinajstić information content (AvgIpc) is 2.11. The van der Waals surface area contributed by atoms with E-state index < -0.39 is 30.9 Å². The van der Waals surface area contributed by atoms with Crippen LogP contribution < -0.4 is 10.2 Å². The standard InChI is InChI=1S/C7H12O7.Ca/c1-2-13-7(6(11)12)14-4(3-8)5(9)10;/h4,7-8H,2-3H2,1H3,(H,9,10)(H,11,12);/q;+2/p-2. The number of carboxylic acids is 2. The van der Waals surface area contributed by atoms with Crippen LogP contribution in [0.4, 0.5) is 0 Å².